The minimum atomic E-state index is -4.17. The number of amides is 2. The number of aliphatic imine (C=N–C) groups is 1. The summed E-state index contributed by atoms with van der Waals surface area (Å²) in [5, 5.41) is 1.90. The van der Waals surface area contributed by atoms with Crippen LogP contribution in [-0.2, 0) is 9.59 Å². The van der Waals surface area contributed by atoms with E-state index in [4.69, 9.17) is 5.73 Å². The van der Waals surface area contributed by atoms with Gasteiger partial charge in [0.2, 0.25) is 5.91 Å². The van der Waals surface area contributed by atoms with Gasteiger partial charge in [-0.05, 0) is 24.3 Å². The first kappa shape index (κ1) is 18.4. The van der Waals surface area contributed by atoms with Crippen LogP contribution < -0.4 is 15.8 Å². The van der Waals surface area contributed by atoms with Crippen molar-refractivity contribution in [2.24, 2.45) is 10.7 Å². The number of thioether (sulfide) groups is 1. The molecule has 1 heterocycles. The lowest BCUT2D eigenvalue weighted by molar-refractivity contribution is -0.199. The predicted molar refractivity (Wildman–Crippen MR) is 84.0 cm³/mol. The van der Waals surface area contributed by atoms with Crippen LogP contribution in [0.2, 0.25) is 0 Å². The van der Waals surface area contributed by atoms with Gasteiger partial charge in [0, 0.05) is 12.1 Å². The molecule has 1 aromatic rings. The van der Waals surface area contributed by atoms with Gasteiger partial charge in [0.05, 0.1) is 0 Å². The molecule has 3 N–H and O–H groups in total. The largest absolute Gasteiger partial charge is 0.444 e. The van der Waals surface area contributed by atoms with E-state index in [-0.39, 0.29) is 23.0 Å². The molecular formula is C13H11ClF3N3O3S. The fraction of sp³-hybridized carbons (Fsp3) is 0.308. The maximum absolute atomic E-state index is 13.0. The van der Waals surface area contributed by atoms with Crippen LogP contribution in [0.3, 0.4) is 0 Å². The van der Waals surface area contributed by atoms with E-state index in [0.717, 1.165) is 23.9 Å². The van der Waals surface area contributed by atoms with Gasteiger partial charge in [0.25, 0.3) is 11.5 Å². The summed E-state index contributed by atoms with van der Waals surface area (Å²) in [6, 6.07) is 4.78. The summed E-state index contributed by atoms with van der Waals surface area (Å²) in [6.07, 6.45) is -4.31. The molecule has 2 rings (SSSR count). The number of alkyl halides is 4. The number of carbonyl (C=O) groups excluding carboxylic acids is 2. The second-order valence-corrected chi connectivity index (χ2v) is 6.24. The number of rotatable bonds is 6. The van der Waals surface area contributed by atoms with Gasteiger partial charge >= 0.3 is 6.11 Å². The quantitative estimate of drug-likeness (QED) is 0.738. The van der Waals surface area contributed by atoms with Crippen LogP contribution in [0, 0.1) is 0 Å². The molecular weight excluding hydrogens is 371 g/mol. The van der Waals surface area contributed by atoms with E-state index in [1.54, 1.807) is 0 Å². The van der Waals surface area contributed by atoms with Crippen molar-refractivity contribution in [2.75, 3.05) is 5.32 Å². The van der Waals surface area contributed by atoms with Crippen LogP contribution in [0.4, 0.5) is 18.9 Å². The predicted octanol–water partition coefficient (Wildman–Crippen LogP) is 2.48. The molecule has 6 nitrogen and oxygen atoms in total. The number of nitrogens with two attached hydrogens (primary N) is 1. The fourth-order valence-electron chi connectivity index (χ4n) is 1.72. The molecule has 0 saturated carbocycles. The number of amidine groups is 1. The molecule has 0 unspecified atom stereocenters. The van der Waals surface area contributed by atoms with Gasteiger partial charge in [0.15, 0.2) is 5.17 Å². The molecule has 11 heteroatoms. The van der Waals surface area contributed by atoms with E-state index in [1.807, 2.05) is 0 Å². The van der Waals surface area contributed by atoms with Gasteiger partial charge in [0.1, 0.15) is 11.0 Å². The van der Waals surface area contributed by atoms with Crippen LogP contribution in [-0.4, -0.2) is 34.0 Å². The number of halogens is 4. The highest BCUT2D eigenvalue weighted by Gasteiger charge is 2.42. The molecule has 0 aliphatic carbocycles. The summed E-state index contributed by atoms with van der Waals surface area (Å²) < 4.78 is 42.5. The van der Waals surface area contributed by atoms with Gasteiger partial charge in [-0.25, -0.2) is 4.39 Å². The average Bonchev–Trinajstić information content (AvgIpc) is 2.78. The van der Waals surface area contributed by atoms with Crippen LogP contribution in [0.15, 0.2) is 29.3 Å². The molecule has 0 saturated heterocycles. The summed E-state index contributed by atoms with van der Waals surface area (Å²) in [4.78, 5) is 26.7. The third-order valence-electron chi connectivity index (χ3n) is 2.78. The number of hydrogen-bond acceptors (Lipinski definition) is 5. The molecule has 24 heavy (non-hydrogen) atoms. The van der Waals surface area contributed by atoms with E-state index in [2.05, 4.69) is 26.6 Å². The van der Waals surface area contributed by atoms with Crippen molar-refractivity contribution in [3.05, 3.63) is 24.3 Å². The highest BCUT2D eigenvalue weighted by atomic mass is 35.5. The van der Waals surface area contributed by atoms with Crippen LogP contribution in [0.1, 0.15) is 6.42 Å². The molecule has 0 radical (unpaired) electrons. The van der Waals surface area contributed by atoms with Gasteiger partial charge < -0.3 is 15.8 Å². The average molecular weight is 382 g/mol. The number of anilines is 1. The molecule has 0 fully saturated rings. The zero-order chi connectivity index (χ0) is 17.9. The minimum Gasteiger partial charge on any atom is -0.429 e. The maximum atomic E-state index is 13.0. The Morgan fingerprint density at radius 3 is 2.58 bits per heavy atom. The van der Waals surface area contributed by atoms with Crippen molar-refractivity contribution in [3.63, 3.8) is 0 Å². The summed E-state index contributed by atoms with van der Waals surface area (Å²) in [5.41, 5.74) is 2.67. The third-order valence-corrected chi connectivity index (χ3v) is 4.02. The van der Waals surface area contributed by atoms with Crippen molar-refractivity contribution in [2.45, 2.75) is 23.4 Å². The molecule has 130 valence electrons. The molecule has 1 aliphatic rings. The Hall–Kier alpha value is -1.94. The Morgan fingerprint density at radius 1 is 1.46 bits per heavy atom. The normalized spacial score (nSPS) is 18.9. The number of benzene rings is 1. The van der Waals surface area contributed by atoms with E-state index in [0.29, 0.717) is 0 Å². The highest BCUT2D eigenvalue weighted by Crippen LogP contribution is 2.29. The molecule has 0 bridgehead atoms. The van der Waals surface area contributed by atoms with Gasteiger partial charge in [-0.2, -0.15) is 13.8 Å². The molecule has 0 aromatic heterocycles. The summed E-state index contributed by atoms with van der Waals surface area (Å²) in [5.74, 6) is -1.29. The van der Waals surface area contributed by atoms with Crippen molar-refractivity contribution in [3.8, 4) is 5.75 Å². The summed E-state index contributed by atoms with van der Waals surface area (Å²) in [6.45, 7) is 0. The zero-order valence-corrected chi connectivity index (χ0v) is 13.4. The Kier molecular flexibility index (Phi) is 5.60. The third kappa shape index (κ3) is 4.78. The van der Waals surface area contributed by atoms with Crippen LogP contribution >= 0.6 is 23.4 Å². The topological polar surface area (TPSA) is 93.8 Å². The number of nitrogens with zero attached hydrogens (tertiary/aromatic N) is 1. The highest BCUT2D eigenvalue weighted by molar-refractivity contribution is 8.15. The van der Waals surface area contributed by atoms with E-state index < -0.39 is 28.8 Å². The standard InChI is InChI=1S/C13H11ClF3N3O3S/c14-11(15)13(16,17)23-7-3-1-6(2-4-7)19-9(21)5-8-10(22)20-12(18)24-8/h1-4,8,11H,5H2,(H,19,21)(H2,18,20,22)/t8-,11-/m0/s1. The smallest absolute Gasteiger partial charge is 0.429 e. The summed E-state index contributed by atoms with van der Waals surface area (Å²) in [7, 11) is 0. The van der Waals surface area contributed by atoms with Gasteiger partial charge in [-0.1, -0.05) is 23.4 Å². The Morgan fingerprint density at radius 2 is 2.08 bits per heavy atom. The van der Waals surface area contributed by atoms with Crippen LogP contribution in [0.5, 0.6) is 5.75 Å². The first-order valence-corrected chi connectivity index (χ1v) is 7.78. The van der Waals surface area contributed by atoms with Crippen molar-refractivity contribution in [1.29, 1.82) is 0 Å². The Balaban J connectivity index is 1.90. The minimum absolute atomic E-state index is 0.102. The van der Waals surface area contributed by atoms with Crippen molar-refractivity contribution >= 4 is 46.0 Å². The Labute approximate surface area is 143 Å². The van der Waals surface area contributed by atoms with E-state index in [1.165, 1.54) is 12.1 Å². The zero-order valence-electron chi connectivity index (χ0n) is 11.8. The number of carbonyl (C=O) groups is 2. The Bertz CT molecular complexity index is 670. The second-order valence-electron chi connectivity index (χ2n) is 4.64. The molecule has 2 atom stereocenters. The molecule has 2 amide bonds. The van der Waals surface area contributed by atoms with E-state index in [9.17, 15) is 22.8 Å². The molecule has 1 aliphatic heterocycles. The monoisotopic (exact) mass is 381 g/mol. The van der Waals surface area contributed by atoms with Crippen LogP contribution in [0.25, 0.3) is 0 Å². The molecule has 0 spiro atoms. The number of ether oxygens (including phenoxy) is 1. The second kappa shape index (κ2) is 7.31. The van der Waals surface area contributed by atoms with Gasteiger partial charge in [-0.15, -0.1) is 0 Å². The first-order chi connectivity index (χ1) is 11.2. The van der Waals surface area contributed by atoms with Crippen molar-refractivity contribution in [1.82, 2.24) is 0 Å². The number of nitrogens with one attached hydrogen (secondary N) is 1. The van der Waals surface area contributed by atoms with Gasteiger partial charge in [-0.3, -0.25) is 9.59 Å². The lowest BCUT2D eigenvalue weighted by Gasteiger charge is -2.17. The fourth-order valence-corrected chi connectivity index (χ4v) is 2.59. The first-order valence-electron chi connectivity index (χ1n) is 6.47. The SMILES string of the molecule is NC1=NC(=O)[C@H](CC(=O)Nc2ccc(OC(F)(F)[C@H](F)Cl)cc2)S1. The summed E-state index contributed by atoms with van der Waals surface area (Å²) >= 11 is 5.67. The van der Waals surface area contributed by atoms with Crippen molar-refractivity contribution < 1.29 is 27.5 Å². The lowest BCUT2D eigenvalue weighted by Crippen LogP contribution is -2.32. The maximum Gasteiger partial charge on any atom is 0.444 e. The molecule has 1 aromatic carbocycles. The number of hydrogen-bond donors (Lipinski definition) is 2. The lowest BCUT2D eigenvalue weighted by atomic mass is 10.2. The van der Waals surface area contributed by atoms with E-state index >= 15 is 0 Å².